The number of carbonyl (C=O) groups is 2. The third kappa shape index (κ3) is 4.15. The summed E-state index contributed by atoms with van der Waals surface area (Å²) >= 11 is 0. The van der Waals surface area contributed by atoms with Crippen LogP contribution in [0.2, 0.25) is 0 Å². The van der Waals surface area contributed by atoms with Crippen LogP contribution in [0.5, 0.6) is 11.5 Å². The number of ketones is 1. The van der Waals surface area contributed by atoms with Crippen molar-refractivity contribution >= 4 is 40.2 Å². The van der Waals surface area contributed by atoms with E-state index in [0.29, 0.717) is 22.7 Å². The fourth-order valence-corrected chi connectivity index (χ4v) is 4.52. The van der Waals surface area contributed by atoms with Crippen molar-refractivity contribution in [2.24, 2.45) is 7.05 Å². The van der Waals surface area contributed by atoms with Crippen LogP contribution in [0.25, 0.3) is 17.0 Å². The molecule has 0 saturated carbocycles. The van der Waals surface area contributed by atoms with Crippen LogP contribution in [0.15, 0.2) is 115 Å². The van der Waals surface area contributed by atoms with E-state index < -0.39 is 6.09 Å². The van der Waals surface area contributed by atoms with E-state index in [-0.39, 0.29) is 17.3 Å². The van der Waals surface area contributed by atoms with Crippen LogP contribution >= 0.6 is 0 Å². The largest absolute Gasteiger partial charge is 0.452 e. The number of hydrogen-bond donors (Lipinski definition) is 0. The number of Topliss-reactive ketones (excluding diaryl/α,β-unsaturated/α-hetero) is 1. The lowest BCUT2D eigenvalue weighted by Crippen LogP contribution is -2.29. The van der Waals surface area contributed by atoms with Gasteiger partial charge in [-0.15, -0.1) is 0 Å². The van der Waals surface area contributed by atoms with E-state index in [0.717, 1.165) is 16.5 Å². The molecule has 2 heterocycles. The van der Waals surface area contributed by atoms with Gasteiger partial charge in [-0.1, -0.05) is 54.6 Å². The minimum Gasteiger partial charge on any atom is -0.452 e. The maximum atomic E-state index is 13.3. The Hall–Kier alpha value is -5.10. The van der Waals surface area contributed by atoms with Crippen molar-refractivity contribution in [1.82, 2.24) is 4.57 Å². The van der Waals surface area contributed by atoms with Gasteiger partial charge in [-0.25, -0.2) is 9.69 Å². The Kier molecular flexibility index (Phi) is 5.54. The summed E-state index contributed by atoms with van der Waals surface area (Å²) in [5, 5.41) is 1.03. The molecule has 1 aliphatic heterocycles. The third-order valence-electron chi connectivity index (χ3n) is 6.27. The molecule has 1 aliphatic rings. The predicted octanol–water partition coefficient (Wildman–Crippen LogP) is 7.13. The molecule has 1 amide bonds. The molecule has 0 bridgehead atoms. The molecule has 5 aromatic rings. The minimum absolute atomic E-state index is 0.212. The average molecular weight is 487 g/mol. The number of nitrogens with zero attached hydrogens (tertiary/aromatic N) is 2. The SMILES string of the molecule is Cn1cc(/C=C2/Oc3cc(OC(=O)N(c4ccccc4)c4ccccc4)ccc3C2=O)c2ccccc21. The first-order chi connectivity index (χ1) is 18.1. The number of carbonyl (C=O) groups excluding carboxylic acids is 2. The third-order valence-corrected chi connectivity index (χ3v) is 6.27. The molecule has 180 valence electrons. The Morgan fingerprint density at radius 3 is 2.22 bits per heavy atom. The Labute approximate surface area is 213 Å². The van der Waals surface area contributed by atoms with Gasteiger partial charge in [-0.3, -0.25) is 4.79 Å². The van der Waals surface area contributed by atoms with E-state index in [1.807, 2.05) is 103 Å². The molecule has 6 heteroatoms. The topological polar surface area (TPSA) is 60.8 Å². The Morgan fingerprint density at radius 1 is 0.865 bits per heavy atom. The number of amides is 1. The van der Waals surface area contributed by atoms with Gasteiger partial charge in [0.15, 0.2) is 5.76 Å². The van der Waals surface area contributed by atoms with E-state index in [1.165, 1.54) is 4.90 Å². The lowest BCUT2D eigenvalue weighted by molar-refractivity contribution is 0.101. The maximum Gasteiger partial charge on any atom is 0.424 e. The highest BCUT2D eigenvalue weighted by Crippen LogP contribution is 2.36. The van der Waals surface area contributed by atoms with Crippen molar-refractivity contribution < 1.29 is 19.1 Å². The van der Waals surface area contributed by atoms with Crippen molar-refractivity contribution in [3.05, 3.63) is 126 Å². The normalized spacial score (nSPS) is 13.4. The summed E-state index contributed by atoms with van der Waals surface area (Å²) in [6.07, 6.45) is 3.14. The minimum atomic E-state index is -0.576. The molecule has 0 aliphatic carbocycles. The summed E-state index contributed by atoms with van der Waals surface area (Å²) in [6, 6.07) is 31.3. The van der Waals surface area contributed by atoms with E-state index in [2.05, 4.69) is 0 Å². The molecule has 37 heavy (non-hydrogen) atoms. The quantitative estimate of drug-likeness (QED) is 0.254. The molecule has 0 spiro atoms. The summed E-state index contributed by atoms with van der Waals surface area (Å²) < 4.78 is 13.7. The summed E-state index contributed by atoms with van der Waals surface area (Å²) in [5.41, 5.74) is 3.72. The summed E-state index contributed by atoms with van der Waals surface area (Å²) in [7, 11) is 1.96. The number of aryl methyl sites for hydroxylation is 1. The van der Waals surface area contributed by atoms with Crippen LogP contribution < -0.4 is 14.4 Å². The van der Waals surface area contributed by atoms with Crippen LogP contribution in [0, 0.1) is 0 Å². The lowest BCUT2D eigenvalue weighted by atomic mass is 10.1. The molecule has 0 radical (unpaired) electrons. The summed E-state index contributed by atoms with van der Waals surface area (Å²) in [4.78, 5) is 27.8. The first kappa shape index (κ1) is 22.4. The summed E-state index contributed by atoms with van der Waals surface area (Å²) in [6.45, 7) is 0. The van der Waals surface area contributed by atoms with Gasteiger partial charge in [0.1, 0.15) is 11.5 Å². The second-order valence-corrected chi connectivity index (χ2v) is 8.68. The molecule has 6 rings (SSSR count). The number of fused-ring (bicyclic) bond motifs is 2. The monoisotopic (exact) mass is 486 g/mol. The smallest absolute Gasteiger partial charge is 0.424 e. The van der Waals surface area contributed by atoms with Crippen molar-refractivity contribution in [3.63, 3.8) is 0 Å². The number of aromatic nitrogens is 1. The molecule has 1 aromatic heterocycles. The highest BCUT2D eigenvalue weighted by Gasteiger charge is 2.29. The molecular weight excluding hydrogens is 464 g/mol. The van der Waals surface area contributed by atoms with Crippen molar-refractivity contribution in [3.8, 4) is 11.5 Å². The zero-order chi connectivity index (χ0) is 25.4. The Balaban J connectivity index is 1.28. The first-order valence-corrected chi connectivity index (χ1v) is 11.8. The van der Waals surface area contributed by atoms with Crippen LogP contribution in [-0.2, 0) is 7.05 Å². The number of para-hydroxylation sites is 3. The first-order valence-electron chi connectivity index (χ1n) is 11.8. The van der Waals surface area contributed by atoms with Gasteiger partial charge >= 0.3 is 6.09 Å². The Bertz CT molecular complexity index is 1630. The zero-order valence-corrected chi connectivity index (χ0v) is 20.0. The fraction of sp³-hybridized carbons (Fsp3) is 0.0323. The van der Waals surface area contributed by atoms with Gasteiger partial charge in [-0.05, 0) is 48.5 Å². The molecule has 0 fully saturated rings. The van der Waals surface area contributed by atoms with Crippen LogP contribution in [0.4, 0.5) is 16.2 Å². The van der Waals surface area contributed by atoms with Gasteiger partial charge in [0.25, 0.3) is 0 Å². The van der Waals surface area contributed by atoms with Crippen LogP contribution in [0.1, 0.15) is 15.9 Å². The van der Waals surface area contributed by atoms with E-state index in [1.54, 1.807) is 24.3 Å². The lowest BCUT2D eigenvalue weighted by Gasteiger charge is -2.22. The van der Waals surface area contributed by atoms with Gasteiger partial charge in [0, 0.05) is 35.8 Å². The summed E-state index contributed by atoms with van der Waals surface area (Å²) in [5.74, 6) is 0.647. The molecule has 6 nitrogen and oxygen atoms in total. The Morgan fingerprint density at radius 2 is 1.51 bits per heavy atom. The van der Waals surface area contributed by atoms with E-state index >= 15 is 0 Å². The average Bonchev–Trinajstić information content (AvgIpc) is 3.41. The number of anilines is 2. The number of ether oxygens (including phenoxy) is 2. The van der Waals surface area contributed by atoms with Crippen molar-refractivity contribution in [2.45, 2.75) is 0 Å². The van der Waals surface area contributed by atoms with Crippen LogP contribution in [-0.4, -0.2) is 16.4 Å². The number of hydrogen-bond acceptors (Lipinski definition) is 4. The fourth-order valence-electron chi connectivity index (χ4n) is 4.52. The predicted molar refractivity (Wildman–Crippen MR) is 143 cm³/mol. The molecule has 0 atom stereocenters. The molecule has 0 N–H and O–H groups in total. The molecule has 0 saturated heterocycles. The zero-order valence-electron chi connectivity index (χ0n) is 20.0. The number of allylic oxidation sites excluding steroid dienone is 1. The van der Waals surface area contributed by atoms with Crippen molar-refractivity contribution in [1.29, 1.82) is 0 Å². The van der Waals surface area contributed by atoms with E-state index in [9.17, 15) is 9.59 Å². The van der Waals surface area contributed by atoms with Gasteiger partial charge in [0.05, 0.1) is 16.9 Å². The van der Waals surface area contributed by atoms with Crippen molar-refractivity contribution in [2.75, 3.05) is 4.90 Å². The molecule has 0 unspecified atom stereocenters. The highest BCUT2D eigenvalue weighted by atomic mass is 16.6. The highest BCUT2D eigenvalue weighted by molar-refractivity contribution is 6.15. The molecular formula is C31H22N2O4. The van der Waals surface area contributed by atoms with Gasteiger partial charge in [-0.2, -0.15) is 0 Å². The van der Waals surface area contributed by atoms with Gasteiger partial charge in [0.2, 0.25) is 5.78 Å². The van der Waals surface area contributed by atoms with Crippen LogP contribution in [0.3, 0.4) is 0 Å². The van der Waals surface area contributed by atoms with E-state index in [4.69, 9.17) is 9.47 Å². The number of benzene rings is 4. The second-order valence-electron chi connectivity index (χ2n) is 8.68. The molecule has 4 aromatic carbocycles. The number of rotatable bonds is 4. The van der Waals surface area contributed by atoms with Gasteiger partial charge < -0.3 is 14.0 Å². The maximum absolute atomic E-state index is 13.3. The second kappa shape index (κ2) is 9.17. The standard InChI is InChI=1S/C31H22N2O4/c1-32-20-21(25-14-8-9-15-27(25)32)18-29-30(34)26-17-16-24(19-28(26)37-29)36-31(35)33(22-10-4-2-5-11-22)23-12-6-3-7-13-23/h2-20H,1H3/b29-18+.